The number of hydrogen-bond donors (Lipinski definition) is 1. The zero-order chi connectivity index (χ0) is 14.8. The van der Waals surface area contributed by atoms with Crippen molar-refractivity contribution in [3.05, 3.63) is 39.4 Å². The first kappa shape index (κ1) is 14.5. The summed E-state index contributed by atoms with van der Waals surface area (Å²) >= 11 is 6.21. The van der Waals surface area contributed by atoms with Crippen molar-refractivity contribution in [1.82, 2.24) is 14.9 Å². The number of aryl methyl sites for hydroxylation is 1. The van der Waals surface area contributed by atoms with Crippen molar-refractivity contribution >= 4 is 22.5 Å². The molecule has 1 aliphatic heterocycles. The second-order valence-electron chi connectivity index (χ2n) is 5.62. The van der Waals surface area contributed by atoms with Crippen molar-refractivity contribution in [3.8, 4) is 0 Å². The van der Waals surface area contributed by atoms with Gasteiger partial charge in [0, 0.05) is 13.0 Å². The van der Waals surface area contributed by atoms with Crippen LogP contribution in [0, 0.1) is 5.92 Å². The molecule has 0 amide bonds. The number of hydrogen-bond acceptors (Lipinski definition) is 3. The van der Waals surface area contributed by atoms with E-state index in [9.17, 15) is 4.79 Å². The number of rotatable bonds is 3. The summed E-state index contributed by atoms with van der Waals surface area (Å²) in [4.78, 5) is 17.5. The summed E-state index contributed by atoms with van der Waals surface area (Å²) in [5, 5.41) is 4.40. The van der Waals surface area contributed by atoms with Crippen molar-refractivity contribution in [2.75, 3.05) is 13.1 Å². The Bertz CT molecular complexity index is 704. The van der Waals surface area contributed by atoms with Gasteiger partial charge in [-0.1, -0.05) is 24.6 Å². The van der Waals surface area contributed by atoms with Crippen LogP contribution in [-0.2, 0) is 13.0 Å². The van der Waals surface area contributed by atoms with Crippen LogP contribution in [0.25, 0.3) is 10.9 Å². The van der Waals surface area contributed by atoms with Crippen LogP contribution >= 0.6 is 11.6 Å². The Labute approximate surface area is 129 Å². The lowest BCUT2D eigenvalue weighted by Gasteiger charge is -2.24. The van der Waals surface area contributed by atoms with Crippen LogP contribution in [0.2, 0.25) is 5.02 Å². The van der Waals surface area contributed by atoms with E-state index in [1.54, 1.807) is 6.07 Å². The van der Waals surface area contributed by atoms with E-state index in [4.69, 9.17) is 11.6 Å². The molecule has 0 atom stereocenters. The van der Waals surface area contributed by atoms with Gasteiger partial charge in [0.1, 0.15) is 5.82 Å². The first-order chi connectivity index (χ1) is 10.2. The molecule has 1 aromatic carbocycles. The molecule has 0 bridgehead atoms. The first-order valence-electron chi connectivity index (χ1n) is 7.59. The lowest BCUT2D eigenvalue weighted by Crippen LogP contribution is -2.34. The third-order valence-corrected chi connectivity index (χ3v) is 4.54. The monoisotopic (exact) mass is 305 g/mol. The molecule has 4 nitrogen and oxygen atoms in total. The van der Waals surface area contributed by atoms with Crippen molar-refractivity contribution in [3.63, 3.8) is 0 Å². The maximum absolute atomic E-state index is 12.8. The minimum absolute atomic E-state index is 0.000910. The maximum Gasteiger partial charge on any atom is 0.262 e. The summed E-state index contributed by atoms with van der Waals surface area (Å²) in [6, 6.07) is 5.46. The number of halogens is 1. The zero-order valence-electron chi connectivity index (χ0n) is 12.2. The normalized spacial score (nSPS) is 16.5. The van der Waals surface area contributed by atoms with Gasteiger partial charge in [0.05, 0.1) is 15.9 Å². The second kappa shape index (κ2) is 6.16. The molecule has 0 aliphatic carbocycles. The molecular weight excluding hydrogens is 286 g/mol. The maximum atomic E-state index is 12.8. The molecule has 0 radical (unpaired) electrons. The molecule has 2 heterocycles. The number of piperidine rings is 1. The number of benzene rings is 1. The zero-order valence-corrected chi connectivity index (χ0v) is 13.0. The highest BCUT2D eigenvalue weighted by atomic mass is 35.5. The molecule has 1 saturated heterocycles. The van der Waals surface area contributed by atoms with Gasteiger partial charge in [0.15, 0.2) is 0 Å². The smallest absolute Gasteiger partial charge is 0.262 e. The first-order valence-corrected chi connectivity index (χ1v) is 7.97. The lowest BCUT2D eigenvalue weighted by atomic mass is 9.98. The fraction of sp³-hybridized carbons (Fsp3) is 0.500. The Morgan fingerprint density at radius 3 is 2.86 bits per heavy atom. The van der Waals surface area contributed by atoms with E-state index in [1.807, 2.05) is 23.6 Å². The van der Waals surface area contributed by atoms with Crippen molar-refractivity contribution in [2.24, 2.45) is 5.92 Å². The van der Waals surface area contributed by atoms with Crippen molar-refractivity contribution in [2.45, 2.75) is 32.7 Å². The lowest BCUT2D eigenvalue weighted by molar-refractivity contribution is 0.325. The minimum Gasteiger partial charge on any atom is -0.317 e. The minimum atomic E-state index is 0.000910. The molecule has 0 saturated carbocycles. The Morgan fingerprint density at radius 2 is 2.14 bits per heavy atom. The van der Waals surface area contributed by atoms with Gasteiger partial charge >= 0.3 is 0 Å². The molecule has 1 fully saturated rings. The van der Waals surface area contributed by atoms with E-state index in [-0.39, 0.29) is 5.56 Å². The number of fused-ring (bicyclic) bond motifs is 1. The Balaban J connectivity index is 2.09. The highest BCUT2D eigenvalue weighted by Crippen LogP contribution is 2.20. The predicted molar refractivity (Wildman–Crippen MR) is 86.0 cm³/mol. The topological polar surface area (TPSA) is 46.9 Å². The molecule has 1 aliphatic rings. The van der Waals surface area contributed by atoms with Gasteiger partial charge in [-0.05, 0) is 44.0 Å². The molecule has 0 spiro atoms. The van der Waals surface area contributed by atoms with Gasteiger partial charge in [-0.3, -0.25) is 9.36 Å². The van der Waals surface area contributed by atoms with Crippen LogP contribution < -0.4 is 10.9 Å². The van der Waals surface area contributed by atoms with Gasteiger partial charge in [-0.2, -0.15) is 0 Å². The van der Waals surface area contributed by atoms with Crippen molar-refractivity contribution in [1.29, 1.82) is 0 Å². The quantitative estimate of drug-likeness (QED) is 0.948. The highest BCUT2D eigenvalue weighted by molar-refractivity contribution is 6.35. The fourth-order valence-corrected chi connectivity index (χ4v) is 3.30. The molecule has 21 heavy (non-hydrogen) atoms. The Kier molecular flexibility index (Phi) is 4.27. The average molecular weight is 306 g/mol. The van der Waals surface area contributed by atoms with Crippen LogP contribution in [0.1, 0.15) is 25.6 Å². The van der Waals surface area contributed by atoms with E-state index in [0.29, 0.717) is 21.8 Å². The largest absolute Gasteiger partial charge is 0.317 e. The molecule has 3 rings (SSSR count). The molecule has 112 valence electrons. The number of nitrogens with zero attached hydrogens (tertiary/aromatic N) is 2. The summed E-state index contributed by atoms with van der Waals surface area (Å²) in [7, 11) is 0. The van der Waals surface area contributed by atoms with Gasteiger partial charge in [0.25, 0.3) is 5.56 Å². The Hall–Kier alpha value is -1.39. The number of aromatic nitrogens is 2. The van der Waals surface area contributed by atoms with Gasteiger partial charge in [-0.25, -0.2) is 4.98 Å². The van der Waals surface area contributed by atoms with Crippen LogP contribution in [-0.4, -0.2) is 22.6 Å². The van der Waals surface area contributed by atoms with Crippen LogP contribution in [0.5, 0.6) is 0 Å². The van der Waals surface area contributed by atoms with Crippen LogP contribution in [0.3, 0.4) is 0 Å². The summed E-state index contributed by atoms with van der Waals surface area (Å²) in [5.74, 6) is 1.39. The molecule has 2 aromatic rings. The average Bonchev–Trinajstić information content (AvgIpc) is 2.51. The van der Waals surface area contributed by atoms with E-state index in [0.717, 1.165) is 44.7 Å². The standard InChI is InChI=1S/C16H20ClN3O/c1-2-14-19-13-5-3-4-12(17)15(13)16(21)20(14)10-11-6-8-18-9-7-11/h3-5,11,18H,2,6-10H2,1H3. The molecular formula is C16H20ClN3O. The summed E-state index contributed by atoms with van der Waals surface area (Å²) in [6.45, 7) is 4.85. The van der Waals surface area contributed by atoms with Gasteiger partial charge in [0.2, 0.25) is 0 Å². The molecule has 1 aromatic heterocycles. The van der Waals surface area contributed by atoms with Crippen LogP contribution in [0.4, 0.5) is 0 Å². The van der Waals surface area contributed by atoms with Crippen LogP contribution in [0.15, 0.2) is 23.0 Å². The molecule has 0 unspecified atom stereocenters. The predicted octanol–water partition coefficient (Wildman–Crippen LogP) is 2.61. The van der Waals surface area contributed by atoms with E-state index in [1.165, 1.54) is 0 Å². The van der Waals surface area contributed by atoms with E-state index in [2.05, 4.69) is 10.3 Å². The SMILES string of the molecule is CCc1nc2cccc(Cl)c2c(=O)n1CC1CCNCC1. The number of nitrogens with one attached hydrogen (secondary N) is 1. The third kappa shape index (κ3) is 2.83. The van der Waals surface area contributed by atoms with E-state index < -0.39 is 0 Å². The van der Waals surface area contributed by atoms with E-state index >= 15 is 0 Å². The third-order valence-electron chi connectivity index (χ3n) is 4.23. The summed E-state index contributed by atoms with van der Waals surface area (Å²) < 4.78 is 1.84. The van der Waals surface area contributed by atoms with Crippen molar-refractivity contribution < 1.29 is 0 Å². The summed E-state index contributed by atoms with van der Waals surface area (Å²) in [5.41, 5.74) is 0.701. The molecule has 1 N–H and O–H groups in total. The fourth-order valence-electron chi connectivity index (χ4n) is 3.05. The highest BCUT2D eigenvalue weighted by Gasteiger charge is 2.18. The Morgan fingerprint density at radius 1 is 1.38 bits per heavy atom. The van der Waals surface area contributed by atoms with Gasteiger partial charge in [-0.15, -0.1) is 0 Å². The van der Waals surface area contributed by atoms with Gasteiger partial charge < -0.3 is 5.32 Å². The summed E-state index contributed by atoms with van der Waals surface area (Å²) in [6.07, 6.45) is 2.97. The molecule has 5 heteroatoms. The second-order valence-corrected chi connectivity index (χ2v) is 6.03.